The summed E-state index contributed by atoms with van der Waals surface area (Å²) in [4.78, 5) is 29.7. The van der Waals surface area contributed by atoms with Crippen LogP contribution >= 0.6 is 0 Å². The highest BCUT2D eigenvalue weighted by Gasteiger charge is 2.54. The van der Waals surface area contributed by atoms with Crippen LogP contribution in [0.3, 0.4) is 0 Å². The van der Waals surface area contributed by atoms with Crippen LogP contribution in [0.5, 0.6) is 0 Å². The number of hydrogen-bond donors (Lipinski definition) is 2. The minimum atomic E-state index is -1.58. The molecule has 0 spiro atoms. The zero-order valence-corrected chi connectivity index (χ0v) is 17.2. The lowest BCUT2D eigenvalue weighted by Gasteiger charge is -2.38. The van der Waals surface area contributed by atoms with Gasteiger partial charge in [0.25, 0.3) is 0 Å². The van der Waals surface area contributed by atoms with Crippen LogP contribution in [0.1, 0.15) is 36.7 Å². The first-order chi connectivity index (χ1) is 14.6. The number of hydrogen-bond acceptors (Lipinski definition) is 5. The first-order valence-corrected chi connectivity index (χ1v) is 10.3. The van der Waals surface area contributed by atoms with E-state index in [1.54, 1.807) is 13.8 Å². The summed E-state index contributed by atoms with van der Waals surface area (Å²) in [6, 6.07) is 17.7. The molecular weight excluding hydrogens is 380 g/mol. The summed E-state index contributed by atoms with van der Waals surface area (Å²) in [7, 11) is 0. The first-order valence-electron chi connectivity index (χ1n) is 10.3. The molecule has 1 aliphatic heterocycles. The molecule has 6 heteroatoms. The van der Waals surface area contributed by atoms with Gasteiger partial charge in [-0.25, -0.2) is 9.59 Å². The quantitative estimate of drug-likeness (QED) is 0.484. The number of carbonyl (C=O) groups is 2. The lowest BCUT2D eigenvalue weighted by molar-refractivity contribution is -0.167. The Labute approximate surface area is 175 Å². The largest absolute Gasteiger partial charge is 0.464 e. The molecule has 156 valence electrons. The number of ether oxygens (including phenoxy) is 2. The van der Waals surface area contributed by atoms with Crippen molar-refractivity contribution in [1.82, 2.24) is 10.3 Å². The highest BCUT2D eigenvalue weighted by Crippen LogP contribution is 2.38. The maximum absolute atomic E-state index is 13.1. The van der Waals surface area contributed by atoms with Crippen molar-refractivity contribution in [3.05, 3.63) is 71.4 Å². The Morgan fingerprint density at radius 2 is 1.60 bits per heavy atom. The Kier molecular flexibility index (Phi) is 5.59. The summed E-state index contributed by atoms with van der Waals surface area (Å²) >= 11 is 0. The van der Waals surface area contributed by atoms with Gasteiger partial charge in [0.15, 0.2) is 0 Å². The first kappa shape index (κ1) is 20.2. The van der Waals surface area contributed by atoms with E-state index in [0.29, 0.717) is 6.42 Å². The van der Waals surface area contributed by atoms with E-state index < -0.39 is 17.5 Å². The van der Waals surface area contributed by atoms with E-state index in [0.717, 1.165) is 27.7 Å². The summed E-state index contributed by atoms with van der Waals surface area (Å²) in [6.45, 7) is 3.84. The molecule has 1 atom stereocenters. The minimum absolute atomic E-state index is 0.176. The topological polar surface area (TPSA) is 80.4 Å². The number of nitrogens with one attached hydrogen (secondary N) is 2. The maximum Gasteiger partial charge on any atom is 0.338 e. The van der Waals surface area contributed by atoms with E-state index in [1.165, 1.54) is 0 Å². The number of esters is 2. The van der Waals surface area contributed by atoms with Gasteiger partial charge in [-0.15, -0.1) is 0 Å². The van der Waals surface area contributed by atoms with Crippen LogP contribution in [0.15, 0.2) is 54.6 Å². The van der Waals surface area contributed by atoms with Crippen molar-refractivity contribution in [1.29, 1.82) is 0 Å². The fourth-order valence-corrected chi connectivity index (χ4v) is 4.25. The Hall–Kier alpha value is -3.12. The Balaban J connectivity index is 1.85. The molecule has 0 bridgehead atoms. The Bertz CT molecular complexity index is 1040. The zero-order chi connectivity index (χ0) is 21.1. The molecular formula is C24H26N2O4. The maximum atomic E-state index is 13.1. The van der Waals surface area contributed by atoms with Crippen molar-refractivity contribution < 1.29 is 19.1 Å². The third-order valence-electron chi connectivity index (χ3n) is 5.59. The van der Waals surface area contributed by atoms with Crippen LogP contribution in [0, 0.1) is 0 Å². The highest BCUT2D eigenvalue weighted by atomic mass is 16.6. The fraction of sp³-hybridized carbons (Fsp3) is 0.333. The van der Waals surface area contributed by atoms with Gasteiger partial charge in [0.1, 0.15) is 0 Å². The molecule has 2 heterocycles. The van der Waals surface area contributed by atoms with Crippen molar-refractivity contribution in [2.75, 3.05) is 13.2 Å². The summed E-state index contributed by atoms with van der Waals surface area (Å²) in [5.41, 5.74) is 2.44. The number of aromatic nitrogens is 1. The van der Waals surface area contributed by atoms with Crippen LogP contribution in [0.4, 0.5) is 0 Å². The van der Waals surface area contributed by atoms with Gasteiger partial charge in [-0.1, -0.05) is 48.5 Å². The molecule has 2 N–H and O–H groups in total. The number of carbonyl (C=O) groups excluding carboxylic acids is 2. The zero-order valence-electron chi connectivity index (χ0n) is 17.2. The average molecular weight is 406 g/mol. The summed E-state index contributed by atoms with van der Waals surface area (Å²) in [5.74, 6) is -1.20. The monoisotopic (exact) mass is 406 g/mol. The molecule has 30 heavy (non-hydrogen) atoms. The molecule has 6 nitrogen and oxygen atoms in total. The van der Waals surface area contributed by atoms with Gasteiger partial charge in [-0.3, -0.25) is 5.32 Å². The predicted molar refractivity (Wildman–Crippen MR) is 114 cm³/mol. The molecule has 1 aromatic heterocycles. The van der Waals surface area contributed by atoms with Crippen molar-refractivity contribution in [2.45, 2.75) is 38.3 Å². The predicted octanol–water partition coefficient (Wildman–Crippen LogP) is 3.46. The third-order valence-corrected chi connectivity index (χ3v) is 5.59. The number of benzene rings is 2. The van der Waals surface area contributed by atoms with E-state index in [9.17, 15) is 9.59 Å². The molecule has 0 unspecified atom stereocenters. The smallest absolute Gasteiger partial charge is 0.338 e. The minimum Gasteiger partial charge on any atom is -0.464 e. The van der Waals surface area contributed by atoms with Crippen molar-refractivity contribution in [3.63, 3.8) is 0 Å². The fourth-order valence-electron chi connectivity index (χ4n) is 4.25. The molecule has 3 aromatic rings. The van der Waals surface area contributed by atoms with E-state index in [-0.39, 0.29) is 25.7 Å². The van der Waals surface area contributed by atoms with Crippen molar-refractivity contribution >= 4 is 22.8 Å². The second-order valence-electron chi connectivity index (χ2n) is 7.47. The summed E-state index contributed by atoms with van der Waals surface area (Å²) < 4.78 is 10.7. The van der Waals surface area contributed by atoms with Gasteiger partial charge in [-0.05, 0) is 37.5 Å². The van der Waals surface area contributed by atoms with Crippen LogP contribution in [-0.2, 0) is 31.9 Å². The van der Waals surface area contributed by atoms with E-state index in [1.807, 2.05) is 54.6 Å². The number of rotatable bonds is 6. The van der Waals surface area contributed by atoms with Gasteiger partial charge in [0, 0.05) is 23.0 Å². The Morgan fingerprint density at radius 1 is 0.967 bits per heavy atom. The second kappa shape index (κ2) is 8.32. The molecule has 1 aliphatic rings. The summed E-state index contributed by atoms with van der Waals surface area (Å²) in [6.07, 6.45) is 0.788. The van der Waals surface area contributed by atoms with Gasteiger partial charge in [0.2, 0.25) is 5.54 Å². The number of fused-ring (bicyclic) bond motifs is 3. The molecule has 0 aliphatic carbocycles. The highest BCUT2D eigenvalue weighted by molar-refractivity contribution is 6.06. The summed E-state index contributed by atoms with van der Waals surface area (Å²) in [5, 5.41) is 4.33. The third kappa shape index (κ3) is 3.48. The SMILES string of the molecule is CCOC(=O)C1(C(=O)OCC)Cc2c([nH]c3ccccc23)[C@@H](Cc2ccccc2)N1. The Morgan fingerprint density at radius 3 is 2.27 bits per heavy atom. The van der Waals surface area contributed by atoms with E-state index >= 15 is 0 Å². The van der Waals surface area contributed by atoms with Crippen molar-refractivity contribution in [3.8, 4) is 0 Å². The lowest BCUT2D eigenvalue weighted by atomic mass is 9.81. The van der Waals surface area contributed by atoms with Gasteiger partial charge >= 0.3 is 11.9 Å². The normalized spacial score (nSPS) is 17.3. The standard InChI is InChI=1S/C24H26N2O4/c1-3-29-22(27)24(23(28)30-4-2)15-18-17-12-8-9-13-19(17)25-21(18)20(26-24)14-16-10-6-5-7-11-16/h5-13,20,25-26H,3-4,14-15H2,1-2H3/t20-/m1/s1. The number of aromatic amines is 1. The lowest BCUT2D eigenvalue weighted by Crippen LogP contribution is -2.64. The van der Waals surface area contributed by atoms with Gasteiger partial charge < -0.3 is 14.5 Å². The average Bonchev–Trinajstić information content (AvgIpc) is 3.13. The van der Waals surface area contributed by atoms with E-state index in [4.69, 9.17) is 9.47 Å². The van der Waals surface area contributed by atoms with Gasteiger partial charge in [0.05, 0.1) is 19.3 Å². The molecule has 0 saturated heterocycles. The molecule has 0 radical (unpaired) electrons. The second-order valence-corrected chi connectivity index (χ2v) is 7.47. The van der Waals surface area contributed by atoms with Gasteiger partial charge in [-0.2, -0.15) is 0 Å². The number of para-hydroxylation sites is 1. The molecule has 4 rings (SSSR count). The van der Waals surface area contributed by atoms with Crippen LogP contribution in [0.25, 0.3) is 10.9 Å². The molecule has 0 saturated carbocycles. The van der Waals surface area contributed by atoms with Crippen molar-refractivity contribution in [2.24, 2.45) is 0 Å². The van der Waals surface area contributed by atoms with Crippen LogP contribution in [-0.4, -0.2) is 35.7 Å². The molecule has 2 aromatic carbocycles. The van der Waals surface area contributed by atoms with Crippen LogP contribution in [0.2, 0.25) is 0 Å². The van der Waals surface area contributed by atoms with E-state index in [2.05, 4.69) is 10.3 Å². The molecule has 0 fully saturated rings. The van der Waals surface area contributed by atoms with Crippen LogP contribution < -0.4 is 5.32 Å². The number of H-pyrrole nitrogens is 1. The molecule has 0 amide bonds.